The molecule has 27 heavy (non-hydrogen) atoms. The van der Waals surface area contributed by atoms with Crippen molar-refractivity contribution in [2.45, 2.75) is 51.5 Å². The summed E-state index contributed by atoms with van der Waals surface area (Å²) >= 11 is 0. The lowest BCUT2D eigenvalue weighted by Crippen LogP contribution is -2.15. The zero-order chi connectivity index (χ0) is 18.8. The molecule has 2 heterocycles. The van der Waals surface area contributed by atoms with Crippen molar-refractivity contribution in [2.75, 3.05) is 7.11 Å². The van der Waals surface area contributed by atoms with Gasteiger partial charge in [-0.25, -0.2) is 9.97 Å². The molecule has 5 heteroatoms. The SMILES string of the molecule is COc1nc(-c2nc3ccc(CCC4CC4)cc3o2)ccc1CC[C@H](C)N. The molecule has 1 atom stereocenters. The van der Waals surface area contributed by atoms with Crippen molar-refractivity contribution in [1.82, 2.24) is 9.97 Å². The van der Waals surface area contributed by atoms with Gasteiger partial charge in [-0.2, -0.15) is 0 Å². The molecule has 0 saturated heterocycles. The average molecular weight is 365 g/mol. The number of hydrogen-bond donors (Lipinski definition) is 1. The molecule has 1 aliphatic carbocycles. The lowest BCUT2D eigenvalue weighted by atomic mass is 10.1. The van der Waals surface area contributed by atoms with Crippen LogP contribution < -0.4 is 10.5 Å². The van der Waals surface area contributed by atoms with E-state index in [1.54, 1.807) is 7.11 Å². The Hall–Kier alpha value is -2.40. The van der Waals surface area contributed by atoms with Gasteiger partial charge in [0.1, 0.15) is 11.2 Å². The first-order valence-electron chi connectivity index (χ1n) is 9.81. The van der Waals surface area contributed by atoms with Crippen LogP contribution in [0.15, 0.2) is 34.7 Å². The zero-order valence-electron chi connectivity index (χ0n) is 16.1. The largest absolute Gasteiger partial charge is 0.481 e. The molecule has 0 amide bonds. The maximum absolute atomic E-state index is 6.01. The van der Waals surface area contributed by atoms with Crippen LogP contribution in [-0.4, -0.2) is 23.1 Å². The molecule has 3 aromatic rings. The molecule has 2 N–H and O–H groups in total. The van der Waals surface area contributed by atoms with Gasteiger partial charge in [-0.1, -0.05) is 25.0 Å². The molecule has 0 unspecified atom stereocenters. The van der Waals surface area contributed by atoms with E-state index in [1.165, 1.54) is 24.8 Å². The summed E-state index contributed by atoms with van der Waals surface area (Å²) in [5, 5.41) is 0. The maximum atomic E-state index is 6.01. The molecule has 0 bridgehead atoms. The summed E-state index contributed by atoms with van der Waals surface area (Å²) in [6.45, 7) is 2.01. The van der Waals surface area contributed by atoms with E-state index in [0.29, 0.717) is 17.5 Å². The van der Waals surface area contributed by atoms with Crippen LogP contribution >= 0.6 is 0 Å². The molecule has 4 rings (SSSR count). The Morgan fingerprint density at radius 2 is 2.04 bits per heavy atom. The molecule has 1 fully saturated rings. The van der Waals surface area contributed by atoms with E-state index in [1.807, 2.05) is 25.1 Å². The number of fused-ring (bicyclic) bond motifs is 1. The van der Waals surface area contributed by atoms with Gasteiger partial charge < -0.3 is 14.9 Å². The third kappa shape index (κ3) is 4.30. The van der Waals surface area contributed by atoms with Gasteiger partial charge in [-0.05, 0) is 62.3 Å². The maximum Gasteiger partial charge on any atom is 0.246 e. The Morgan fingerprint density at radius 3 is 2.78 bits per heavy atom. The van der Waals surface area contributed by atoms with E-state index >= 15 is 0 Å². The highest BCUT2D eigenvalue weighted by molar-refractivity contribution is 5.76. The van der Waals surface area contributed by atoms with Crippen LogP contribution in [0.2, 0.25) is 0 Å². The van der Waals surface area contributed by atoms with Crippen molar-refractivity contribution < 1.29 is 9.15 Å². The van der Waals surface area contributed by atoms with E-state index in [4.69, 9.17) is 14.9 Å². The van der Waals surface area contributed by atoms with Crippen LogP contribution in [0, 0.1) is 5.92 Å². The molecule has 0 spiro atoms. The summed E-state index contributed by atoms with van der Waals surface area (Å²) in [7, 11) is 1.64. The number of benzene rings is 1. The molecule has 1 saturated carbocycles. The molecule has 0 radical (unpaired) electrons. The zero-order valence-corrected chi connectivity index (χ0v) is 16.1. The van der Waals surface area contributed by atoms with Gasteiger partial charge in [-0.15, -0.1) is 0 Å². The third-order valence-corrected chi connectivity index (χ3v) is 5.21. The number of ether oxygens (including phenoxy) is 1. The highest BCUT2D eigenvalue weighted by atomic mass is 16.5. The second-order valence-electron chi connectivity index (χ2n) is 7.68. The van der Waals surface area contributed by atoms with Crippen LogP contribution in [0.3, 0.4) is 0 Å². The van der Waals surface area contributed by atoms with E-state index in [-0.39, 0.29) is 6.04 Å². The highest BCUT2D eigenvalue weighted by Gasteiger charge is 2.20. The topological polar surface area (TPSA) is 74.2 Å². The lowest BCUT2D eigenvalue weighted by molar-refractivity contribution is 0.391. The molecular formula is C22H27N3O2. The minimum atomic E-state index is 0.153. The van der Waals surface area contributed by atoms with Gasteiger partial charge in [0, 0.05) is 11.6 Å². The minimum Gasteiger partial charge on any atom is -0.481 e. The molecular weight excluding hydrogens is 338 g/mol. The molecule has 1 aliphatic rings. The second-order valence-corrected chi connectivity index (χ2v) is 7.68. The summed E-state index contributed by atoms with van der Waals surface area (Å²) in [5.74, 6) is 2.07. The third-order valence-electron chi connectivity index (χ3n) is 5.21. The average Bonchev–Trinajstić information content (AvgIpc) is 3.41. The predicted molar refractivity (Wildman–Crippen MR) is 107 cm³/mol. The number of aryl methyl sites for hydroxylation is 2. The summed E-state index contributed by atoms with van der Waals surface area (Å²) in [6, 6.07) is 10.4. The number of nitrogens with two attached hydrogens (primary N) is 1. The van der Waals surface area contributed by atoms with Crippen molar-refractivity contribution in [3.63, 3.8) is 0 Å². The van der Waals surface area contributed by atoms with E-state index in [0.717, 1.165) is 41.8 Å². The molecule has 1 aromatic carbocycles. The fourth-order valence-corrected chi connectivity index (χ4v) is 3.35. The Balaban J connectivity index is 1.57. The number of oxazole rings is 1. The molecule has 142 valence electrons. The van der Waals surface area contributed by atoms with Crippen LogP contribution in [0.4, 0.5) is 0 Å². The number of aromatic nitrogens is 2. The van der Waals surface area contributed by atoms with Crippen LogP contribution in [0.1, 0.15) is 43.7 Å². The van der Waals surface area contributed by atoms with Gasteiger partial charge in [0.15, 0.2) is 5.58 Å². The fourth-order valence-electron chi connectivity index (χ4n) is 3.35. The number of methoxy groups -OCH3 is 1. The first-order valence-corrected chi connectivity index (χ1v) is 9.81. The molecule has 5 nitrogen and oxygen atoms in total. The summed E-state index contributed by atoms with van der Waals surface area (Å²) in [5.41, 5.74) is 10.6. The predicted octanol–water partition coefficient (Wildman–Crippen LogP) is 4.52. The van der Waals surface area contributed by atoms with Crippen molar-refractivity contribution in [2.24, 2.45) is 11.7 Å². The summed E-state index contributed by atoms with van der Waals surface area (Å²) in [6.07, 6.45) is 6.89. The van der Waals surface area contributed by atoms with Gasteiger partial charge >= 0.3 is 0 Å². The Kier molecular flexibility index (Phi) is 5.12. The normalized spacial score (nSPS) is 15.2. The number of rotatable bonds is 8. The van der Waals surface area contributed by atoms with Crippen LogP contribution in [0.5, 0.6) is 5.88 Å². The van der Waals surface area contributed by atoms with Gasteiger partial charge in [0.25, 0.3) is 0 Å². The lowest BCUT2D eigenvalue weighted by Gasteiger charge is -2.09. The summed E-state index contributed by atoms with van der Waals surface area (Å²) in [4.78, 5) is 9.21. The van der Waals surface area contributed by atoms with Crippen LogP contribution in [0.25, 0.3) is 22.7 Å². The number of hydrogen-bond acceptors (Lipinski definition) is 5. The molecule has 0 aliphatic heterocycles. The van der Waals surface area contributed by atoms with Crippen molar-refractivity contribution >= 4 is 11.1 Å². The van der Waals surface area contributed by atoms with Gasteiger partial charge in [0.05, 0.1) is 7.11 Å². The van der Waals surface area contributed by atoms with E-state index in [9.17, 15) is 0 Å². The van der Waals surface area contributed by atoms with Crippen molar-refractivity contribution in [1.29, 1.82) is 0 Å². The van der Waals surface area contributed by atoms with Crippen molar-refractivity contribution in [3.8, 4) is 17.5 Å². The standard InChI is InChI=1S/C22H27N3O2/c1-14(23)3-9-17-10-12-19(25-21(17)26-2)22-24-18-11-8-16(13-20(18)27-22)7-6-15-4-5-15/h8,10-15H,3-7,9,23H2,1-2H3/t14-/m0/s1. The van der Waals surface area contributed by atoms with Gasteiger partial charge in [-0.3, -0.25) is 0 Å². The fraction of sp³-hybridized carbons (Fsp3) is 0.455. The Labute approximate surface area is 160 Å². The quantitative estimate of drug-likeness (QED) is 0.635. The second kappa shape index (κ2) is 7.69. The van der Waals surface area contributed by atoms with E-state index in [2.05, 4.69) is 22.1 Å². The highest BCUT2D eigenvalue weighted by Crippen LogP contribution is 2.34. The van der Waals surface area contributed by atoms with E-state index < -0.39 is 0 Å². The Morgan fingerprint density at radius 1 is 1.19 bits per heavy atom. The Bertz CT molecular complexity index is 928. The summed E-state index contributed by atoms with van der Waals surface area (Å²) < 4.78 is 11.5. The first-order chi connectivity index (χ1) is 13.1. The van der Waals surface area contributed by atoms with Crippen LogP contribution in [-0.2, 0) is 12.8 Å². The molecule has 2 aromatic heterocycles. The smallest absolute Gasteiger partial charge is 0.246 e. The monoisotopic (exact) mass is 365 g/mol. The number of nitrogens with zero attached hydrogens (tertiary/aromatic N) is 2. The first kappa shape index (κ1) is 18.0. The van der Waals surface area contributed by atoms with Crippen molar-refractivity contribution in [3.05, 3.63) is 41.5 Å². The number of pyridine rings is 1. The minimum absolute atomic E-state index is 0.153. The van der Waals surface area contributed by atoms with Gasteiger partial charge in [0.2, 0.25) is 11.8 Å².